The van der Waals surface area contributed by atoms with Gasteiger partial charge in [0.25, 0.3) is 0 Å². The molecule has 0 bridgehead atoms. The Bertz CT molecular complexity index is 495. The van der Waals surface area contributed by atoms with Crippen LogP contribution in [0.3, 0.4) is 0 Å². The smallest absolute Gasteiger partial charge is 0.139 e. The predicted molar refractivity (Wildman–Crippen MR) is 68.6 cm³/mol. The van der Waals surface area contributed by atoms with Crippen molar-refractivity contribution in [3.63, 3.8) is 0 Å². The second kappa shape index (κ2) is 4.34. The topological polar surface area (TPSA) is 29.9 Å². The zero-order valence-electron chi connectivity index (χ0n) is 10.1. The lowest BCUT2D eigenvalue weighted by molar-refractivity contribution is 0.601. The highest BCUT2D eigenvalue weighted by atomic mass is 15.1. The van der Waals surface area contributed by atoms with Gasteiger partial charge in [-0.1, -0.05) is 30.3 Å². The van der Waals surface area contributed by atoms with E-state index in [1.165, 1.54) is 24.1 Å². The second-order valence-electron chi connectivity index (χ2n) is 4.58. The van der Waals surface area contributed by atoms with Crippen LogP contribution in [0.2, 0.25) is 0 Å². The first-order valence-corrected chi connectivity index (χ1v) is 6.16. The Hall–Kier alpha value is -1.61. The van der Waals surface area contributed by atoms with Crippen LogP contribution in [0.15, 0.2) is 36.5 Å². The van der Waals surface area contributed by atoms with Gasteiger partial charge in [0.05, 0.1) is 11.9 Å². The molecule has 0 amide bonds. The standard InChI is InChI=1S/C14H17N3/c1-17-13(12-8-5-9-15-12)10-16-14(17)11-6-3-2-4-7-11/h2-4,6-7,10,12,15H,5,8-9H2,1H3. The van der Waals surface area contributed by atoms with Gasteiger partial charge in [-0.15, -0.1) is 0 Å². The van der Waals surface area contributed by atoms with Crippen molar-refractivity contribution in [2.45, 2.75) is 18.9 Å². The molecule has 1 aromatic heterocycles. The van der Waals surface area contributed by atoms with E-state index in [-0.39, 0.29) is 0 Å². The Kier molecular flexibility index (Phi) is 2.69. The summed E-state index contributed by atoms with van der Waals surface area (Å²) >= 11 is 0. The molecule has 1 unspecified atom stereocenters. The Labute approximate surface area is 101 Å². The summed E-state index contributed by atoms with van der Waals surface area (Å²) in [6.07, 6.45) is 4.48. The summed E-state index contributed by atoms with van der Waals surface area (Å²) < 4.78 is 2.21. The van der Waals surface area contributed by atoms with Crippen LogP contribution >= 0.6 is 0 Å². The SMILES string of the molecule is Cn1c(C2CCCN2)cnc1-c1ccccc1. The molecule has 17 heavy (non-hydrogen) atoms. The van der Waals surface area contributed by atoms with Crippen molar-refractivity contribution in [1.29, 1.82) is 0 Å². The van der Waals surface area contributed by atoms with Crippen molar-refractivity contribution in [2.24, 2.45) is 7.05 Å². The molecule has 0 spiro atoms. The van der Waals surface area contributed by atoms with Crippen molar-refractivity contribution >= 4 is 0 Å². The number of nitrogens with zero attached hydrogens (tertiary/aromatic N) is 2. The molecule has 0 aliphatic carbocycles. The summed E-state index contributed by atoms with van der Waals surface area (Å²) in [4.78, 5) is 4.55. The van der Waals surface area contributed by atoms with E-state index in [2.05, 4.69) is 46.2 Å². The summed E-state index contributed by atoms with van der Waals surface area (Å²) in [5.74, 6) is 1.05. The minimum Gasteiger partial charge on any atom is -0.330 e. The molecule has 1 saturated heterocycles. The van der Waals surface area contributed by atoms with Crippen LogP contribution in [0.4, 0.5) is 0 Å². The maximum atomic E-state index is 4.55. The lowest BCUT2D eigenvalue weighted by Gasteiger charge is -2.12. The van der Waals surface area contributed by atoms with E-state index in [1.807, 2.05) is 12.3 Å². The summed E-state index contributed by atoms with van der Waals surface area (Å²) in [5.41, 5.74) is 2.47. The Balaban J connectivity index is 1.97. The number of hydrogen-bond acceptors (Lipinski definition) is 2. The molecule has 2 heterocycles. The Morgan fingerprint density at radius 1 is 1.29 bits per heavy atom. The van der Waals surface area contributed by atoms with Crippen LogP contribution in [0.25, 0.3) is 11.4 Å². The fourth-order valence-corrected chi connectivity index (χ4v) is 2.54. The molecule has 88 valence electrons. The van der Waals surface area contributed by atoms with Crippen molar-refractivity contribution in [2.75, 3.05) is 6.54 Å². The molecule has 1 atom stereocenters. The fraction of sp³-hybridized carbons (Fsp3) is 0.357. The highest BCUT2D eigenvalue weighted by Crippen LogP contribution is 2.26. The lowest BCUT2D eigenvalue weighted by atomic mass is 10.1. The first-order valence-electron chi connectivity index (χ1n) is 6.16. The maximum Gasteiger partial charge on any atom is 0.139 e. The van der Waals surface area contributed by atoms with Gasteiger partial charge in [0.15, 0.2) is 0 Å². The molecule has 3 nitrogen and oxygen atoms in total. The maximum absolute atomic E-state index is 4.55. The molecule has 1 N–H and O–H groups in total. The monoisotopic (exact) mass is 227 g/mol. The molecule has 3 heteroatoms. The van der Waals surface area contributed by atoms with Crippen LogP contribution in [0, 0.1) is 0 Å². The summed E-state index contributed by atoms with van der Waals surface area (Å²) in [7, 11) is 2.10. The third kappa shape index (κ3) is 1.87. The van der Waals surface area contributed by atoms with E-state index in [0.29, 0.717) is 6.04 Å². The van der Waals surface area contributed by atoms with Gasteiger partial charge < -0.3 is 9.88 Å². The van der Waals surface area contributed by atoms with Crippen molar-refractivity contribution < 1.29 is 0 Å². The van der Waals surface area contributed by atoms with Gasteiger partial charge in [-0.2, -0.15) is 0 Å². The first-order chi connectivity index (χ1) is 8.36. The van der Waals surface area contributed by atoms with Gasteiger partial charge in [0.2, 0.25) is 0 Å². The molecular formula is C14H17N3. The van der Waals surface area contributed by atoms with Crippen LogP contribution in [-0.2, 0) is 7.05 Å². The van der Waals surface area contributed by atoms with E-state index in [0.717, 1.165) is 12.4 Å². The third-order valence-electron chi connectivity index (χ3n) is 3.47. The summed E-state index contributed by atoms with van der Waals surface area (Å²) in [5, 5.41) is 3.52. The molecule has 1 aromatic carbocycles. The number of hydrogen-bond donors (Lipinski definition) is 1. The van der Waals surface area contributed by atoms with Crippen LogP contribution < -0.4 is 5.32 Å². The second-order valence-corrected chi connectivity index (χ2v) is 4.58. The van der Waals surface area contributed by atoms with Crippen LogP contribution in [0.5, 0.6) is 0 Å². The van der Waals surface area contributed by atoms with Gasteiger partial charge in [0, 0.05) is 18.7 Å². The largest absolute Gasteiger partial charge is 0.330 e. The minimum absolute atomic E-state index is 0.477. The van der Waals surface area contributed by atoms with Gasteiger partial charge in [-0.05, 0) is 19.4 Å². The zero-order chi connectivity index (χ0) is 11.7. The highest BCUT2D eigenvalue weighted by molar-refractivity contribution is 5.55. The zero-order valence-corrected chi connectivity index (χ0v) is 10.1. The molecule has 0 saturated carbocycles. The van der Waals surface area contributed by atoms with Gasteiger partial charge in [-0.25, -0.2) is 4.98 Å². The van der Waals surface area contributed by atoms with Crippen LogP contribution in [0.1, 0.15) is 24.6 Å². The molecular weight excluding hydrogens is 210 g/mol. The van der Waals surface area contributed by atoms with E-state index >= 15 is 0 Å². The molecule has 1 aliphatic rings. The quantitative estimate of drug-likeness (QED) is 0.854. The van der Waals surface area contributed by atoms with Crippen LogP contribution in [-0.4, -0.2) is 16.1 Å². The van der Waals surface area contributed by atoms with Gasteiger partial charge >= 0.3 is 0 Å². The normalized spacial score (nSPS) is 19.7. The van der Waals surface area contributed by atoms with E-state index < -0.39 is 0 Å². The molecule has 0 radical (unpaired) electrons. The number of nitrogens with one attached hydrogen (secondary N) is 1. The Morgan fingerprint density at radius 3 is 2.82 bits per heavy atom. The minimum atomic E-state index is 0.477. The van der Waals surface area contributed by atoms with E-state index in [4.69, 9.17) is 0 Å². The average molecular weight is 227 g/mol. The third-order valence-corrected chi connectivity index (χ3v) is 3.47. The first kappa shape index (κ1) is 10.5. The predicted octanol–water partition coefficient (Wildman–Crippen LogP) is 2.51. The fourth-order valence-electron chi connectivity index (χ4n) is 2.54. The van der Waals surface area contributed by atoms with E-state index in [1.54, 1.807) is 0 Å². The number of rotatable bonds is 2. The Morgan fingerprint density at radius 2 is 2.12 bits per heavy atom. The number of imidazole rings is 1. The lowest BCUT2D eigenvalue weighted by Crippen LogP contribution is -2.15. The van der Waals surface area contributed by atoms with E-state index in [9.17, 15) is 0 Å². The van der Waals surface area contributed by atoms with Crippen molar-refractivity contribution in [3.05, 3.63) is 42.2 Å². The average Bonchev–Trinajstić information content (AvgIpc) is 2.99. The number of aromatic nitrogens is 2. The molecule has 1 fully saturated rings. The number of benzene rings is 1. The highest BCUT2D eigenvalue weighted by Gasteiger charge is 2.20. The van der Waals surface area contributed by atoms with Crippen molar-refractivity contribution in [3.8, 4) is 11.4 Å². The summed E-state index contributed by atoms with van der Waals surface area (Å²) in [6, 6.07) is 10.8. The van der Waals surface area contributed by atoms with Gasteiger partial charge in [0.1, 0.15) is 5.82 Å². The molecule has 1 aliphatic heterocycles. The molecule has 3 rings (SSSR count). The van der Waals surface area contributed by atoms with Crippen molar-refractivity contribution in [1.82, 2.24) is 14.9 Å². The molecule has 2 aromatic rings. The summed E-state index contributed by atoms with van der Waals surface area (Å²) in [6.45, 7) is 1.12. The van der Waals surface area contributed by atoms with Gasteiger partial charge in [-0.3, -0.25) is 0 Å².